The molecule has 222 valence electrons. The van der Waals surface area contributed by atoms with Crippen LogP contribution in [0.15, 0.2) is 158 Å². The molecule has 9 aromatic rings. The molecule has 0 aliphatic heterocycles. The third-order valence-electron chi connectivity index (χ3n) is 9.40. The van der Waals surface area contributed by atoms with Gasteiger partial charge in [-0.3, -0.25) is 0 Å². The first-order valence-electron chi connectivity index (χ1n) is 15.9. The number of nitriles is 2. The molecule has 0 atom stereocenters. The Bertz CT molecular complexity index is 2750. The Morgan fingerprint density at radius 2 is 0.979 bits per heavy atom. The van der Waals surface area contributed by atoms with Crippen LogP contribution < -0.4 is 0 Å². The summed E-state index contributed by atoms with van der Waals surface area (Å²) < 4.78 is 4.48. The second-order valence-electron chi connectivity index (χ2n) is 12.0. The van der Waals surface area contributed by atoms with Crippen molar-refractivity contribution in [1.82, 2.24) is 9.13 Å². The minimum Gasteiger partial charge on any atom is -0.309 e. The van der Waals surface area contributed by atoms with Crippen LogP contribution in [0.5, 0.6) is 0 Å². The highest BCUT2D eigenvalue weighted by molar-refractivity contribution is 6.11. The first-order valence-corrected chi connectivity index (χ1v) is 15.9. The highest BCUT2D eigenvalue weighted by atomic mass is 15.0. The second kappa shape index (κ2) is 10.9. The SMILES string of the molecule is N#Cc1ccc2c3ccccc3n(-c3cccc(-c4ccc(-c5cccc(C#N)c5-n5c6ccccc6c6ccccc65)cc4)c3)c2c1. The molecule has 0 fully saturated rings. The van der Waals surface area contributed by atoms with Gasteiger partial charge in [-0.1, -0.05) is 109 Å². The van der Waals surface area contributed by atoms with E-state index in [0.717, 1.165) is 77.2 Å². The van der Waals surface area contributed by atoms with Gasteiger partial charge in [0.2, 0.25) is 0 Å². The first-order chi connectivity index (χ1) is 23.7. The molecule has 0 aliphatic rings. The molecule has 0 saturated heterocycles. The molecule has 9 rings (SSSR count). The molecule has 0 N–H and O–H groups in total. The molecule has 2 heterocycles. The summed E-state index contributed by atoms with van der Waals surface area (Å²) in [7, 11) is 0. The summed E-state index contributed by atoms with van der Waals surface area (Å²) in [4.78, 5) is 0. The van der Waals surface area contributed by atoms with Crippen LogP contribution in [0.3, 0.4) is 0 Å². The molecule has 0 unspecified atom stereocenters. The van der Waals surface area contributed by atoms with Gasteiger partial charge in [0, 0.05) is 32.8 Å². The molecule has 0 amide bonds. The first kappa shape index (κ1) is 27.4. The monoisotopic (exact) mass is 610 g/mol. The fourth-order valence-corrected chi connectivity index (χ4v) is 7.26. The average Bonchev–Trinajstić information content (AvgIpc) is 3.67. The van der Waals surface area contributed by atoms with Crippen LogP contribution in [-0.4, -0.2) is 9.13 Å². The summed E-state index contributed by atoms with van der Waals surface area (Å²) in [5.74, 6) is 0. The molecular formula is C44H26N4. The van der Waals surface area contributed by atoms with Gasteiger partial charge in [-0.25, -0.2) is 0 Å². The molecule has 0 spiro atoms. The summed E-state index contributed by atoms with van der Waals surface area (Å²) in [6, 6.07) is 59.0. The number of nitrogens with zero attached hydrogens (tertiary/aromatic N) is 4. The number of para-hydroxylation sites is 4. The Morgan fingerprint density at radius 1 is 0.396 bits per heavy atom. The van der Waals surface area contributed by atoms with Crippen molar-refractivity contribution in [1.29, 1.82) is 10.5 Å². The maximum atomic E-state index is 10.3. The predicted molar refractivity (Wildman–Crippen MR) is 195 cm³/mol. The van der Waals surface area contributed by atoms with E-state index in [9.17, 15) is 10.5 Å². The number of benzene rings is 7. The van der Waals surface area contributed by atoms with Gasteiger partial charge in [0.05, 0.1) is 45.0 Å². The van der Waals surface area contributed by atoms with Gasteiger partial charge >= 0.3 is 0 Å². The number of fused-ring (bicyclic) bond motifs is 6. The Balaban J connectivity index is 1.17. The quantitative estimate of drug-likeness (QED) is 0.199. The zero-order chi connectivity index (χ0) is 32.2. The highest BCUT2D eigenvalue weighted by Crippen LogP contribution is 2.39. The largest absolute Gasteiger partial charge is 0.309 e. The van der Waals surface area contributed by atoms with Crippen LogP contribution in [0, 0.1) is 22.7 Å². The van der Waals surface area contributed by atoms with Gasteiger partial charge in [-0.15, -0.1) is 0 Å². The predicted octanol–water partition coefficient (Wildman–Crippen LogP) is 11.0. The minimum absolute atomic E-state index is 0.626. The summed E-state index contributed by atoms with van der Waals surface area (Å²) >= 11 is 0. The third kappa shape index (κ3) is 4.14. The third-order valence-corrected chi connectivity index (χ3v) is 9.40. The molecule has 2 aromatic heterocycles. The molecule has 0 bridgehead atoms. The van der Waals surface area contributed by atoms with Crippen LogP contribution in [0.2, 0.25) is 0 Å². The van der Waals surface area contributed by atoms with E-state index < -0.39 is 0 Å². The van der Waals surface area contributed by atoms with E-state index in [0.29, 0.717) is 11.1 Å². The molecule has 48 heavy (non-hydrogen) atoms. The van der Waals surface area contributed by atoms with Crippen LogP contribution in [0.1, 0.15) is 11.1 Å². The molecule has 4 heteroatoms. The van der Waals surface area contributed by atoms with Crippen molar-refractivity contribution in [3.05, 3.63) is 169 Å². The summed E-state index contributed by atoms with van der Waals surface area (Å²) in [6.07, 6.45) is 0. The van der Waals surface area contributed by atoms with Gasteiger partial charge in [-0.05, 0) is 65.2 Å². The van der Waals surface area contributed by atoms with E-state index in [1.165, 1.54) is 0 Å². The van der Waals surface area contributed by atoms with E-state index in [4.69, 9.17) is 0 Å². The van der Waals surface area contributed by atoms with E-state index in [1.807, 2.05) is 30.3 Å². The molecule has 0 aliphatic carbocycles. The van der Waals surface area contributed by atoms with E-state index >= 15 is 0 Å². The standard InChI is InChI=1S/C44H26N4/c45-27-29-19-24-39-38-14-1-4-16-40(38)47(43(39)25-29)34-11-7-9-32(26-34)30-20-22-31(23-21-30)35-15-8-10-33(28-46)44(35)48-41-17-5-2-12-36(41)37-13-3-6-18-42(37)48/h1-26H. The Hall–Kier alpha value is -6.88. The van der Waals surface area contributed by atoms with Crippen molar-refractivity contribution in [2.24, 2.45) is 0 Å². The number of hydrogen-bond acceptors (Lipinski definition) is 2. The lowest BCUT2D eigenvalue weighted by Gasteiger charge is -2.16. The lowest BCUT2D eigenvalue weighted by atomic mass is 9.97. The summed E-state index contributed by atoms with van der Waals surface area (Å²) in [5.41, 5.74) is 11.7. The zero-order valence-corrected chi connectivity index (χ0v) is 25.8. The highest BCUT2D eigenvalue weighted by Gasteiger charge is 2.19. The Labute approximate surface area is 277 Å². The van der Waals surface area contributed by atoms with Crippen molar-refractivity contribution in [3.8, 4) is 45.8 Å². The summed E-state index contributed by atoms with van der Waals surface area (Å²) in [6.45, 7) is 0. The number of aromatic nitrogens is 2. The van der Waals surface area contributed by atoms with Crippen molar-refractivity contribution in [3.63, 3.8) is 0 Å². The molecule has 4 nitrogen and oxygen atoms in total. The average molecular weight is 611 g/mol. The maximum Gasteiger partial charge on any atom is 0.101 e. The lowest BCUT2D eigenvalue weighted by molar-refractivity contribution is 1.17. The van der Waals surface area contributed by atoms with E-state index in [1.54, 1.807) is 0 Å². The maximum absolute atomic E-state index is 10.3. The van der Waals surface area contributed by atoms with Crippen LogP contribution in [0.25, 0.3) is 77.2 Å². The van der Waals surface area contributed by atoms with Gasteiger partial charge in [-0.2, -0.15) is 10.5 Å². The normalized spacial score (nSPS) is 11.3. The van der Waals surface area contributed by atoms with Crippen molar-refractivity contribution in [2.75, 3.05) is 0 Å². The van der Waals surface area contributed by atoms with Crippen LogP contribution in [0.4, 0.5) is 0 Å². The van der Waals surface area contributed by atoms with E-state index in [-0.39, 0.29) is 0 Å². The molecule has 7 aromatic carbocycles. The van der Waals surface area contributed by atoms with Gasteiger partial charge in [0.15, 0.2) is 0 Å². The summed E-state index contributed by atoms with van der Waals surface area (Å²) in [5, 5.41) is 24.6. The smallest absolute Gasteiger partial charge is 0.101 e. The van der Waals surface area contributed by atoms with Crippen LogP contribution >= 0.6 is 0 Å². The number of rotatable bonds is 4. The molecule has 0 radical (unpaired) electrons. The van der Waals surface area contributed by atoms with Gasteiger partial charge in [0.1, 0.15) is 6.07 Å². The molecular weight excluding hydrogens is 585 g/mol. The number of hydrogen-bond donors (Lipinski definition) is 0. The van der Waals surface area contributed by atoms with Crippen molar-refractivity contribution >= 4 is 43.6 Å². The van der Waals surface area contributed by atoms with E-state index in [2.05, 4.69) is 149 Å². The second-order valence-corrected chi connectivity index (χ2v) is 12.0. The van der Waals surface area contributed by atoms with Crippen molar-refractivity contribution in [2.45, 2.75) is 0 Å². The van der Waals surface area contributed by atoms with Gasteiger partial charge in [0.25, 0.3) is 0 Å². The fourth-order valence-electron chi connectivity index (χ4n) is 7.26. The topological polar surface area (TPSA) is 57.4 Å². The zero-order valence-electron chi connectivity index (χ0n) is 25.8. The lowest BCUT2D eigenvalue weighted by Crippen LogP contribution is -2.00. The Morgan fingerprint density at radius 3 is 1.62 bits per heavy atom. The van der Waals surface area contributed by atoms with Gasteiger partial charge < -0.3 is 9.13 Å². The van der Waals surface area contributed by atoms with Crippen LogP contribution in [-0.2, 0) is 0 Å². The minimum atomic E-state index is 0.626. The Kier molecular flexibility index (Phi) is 6.22. The molecule has 0 saturated carbocycles. The fraction of sp³-hybridized carbons (Fsp3) is 0. The van der Waals surface area contributed by atoms with Crippen molar-refractivity contribution < 1.29 is 0 Å².